The zero-order valence-electron chi connectivity index (χ0n) is 6.90. The van der Waals surface area contributed by atoms with Gasteiger partial charge in [0.2, 0.25) is 0 Å². The summed E-state index contributed by atoms with van der Waals surface area (Å²) in [5.74, 6) is 0. The topological polar surface area (TPSA) is 68.2 Å². The van der Waals surface area contributed by atoms with Gasteiger partial charge in [0.05, 0.1) is 0 Å². The van der Waals surface area contributed by atoms with Crippen LogP contribution in [0.4, 0.5) is 0 Å². The molecule has 68 valence electrons. The van der Waals surface area contributed by atoms with Crippen LogP contribution < -0.4 is 0 Å². The summed E-state index contributed by atoms with van der Waals surface area (Å²) in [5.41, 5.74) is 0. The van der Waals surface area contributed by atoms with Gasteiger partial charge in [-0.2, -0.15) is 0 Å². The Kier molecular flexibility index (Phi) is 5.45. The van der Waals surface area contributed by atoms with Gasteiger partial charge in [0.25, 0.3) is 0 Å². The first kappa shape index (κ1) is 11.5. The van der Waals surface area contributed by atoms with Crippen molar-refractivity contribution in [3.63, 3.8) is 0 Å². The van der Waals surface area contributed by atoms with Gasteiger partial charge in [-0.15, -0.1) is 0 Å². The predicted octanol–water partition coefficient (Wildman–Crippen LogP) is 0.178. The zero-order valence-corrected chi connectivity index (χ0v) is 8.47. The predicted molar refractivity (Wildman–Crippen MR) is 33.4 cm³/mol. The second kappa shape index (κ2) is 5.21. The van der Waals surface area contributed by atoms with Crippen LogP contribution in [0.15, 0.2) is 0 Å². The second-order valence-electron chi connectivity index (χ2n) is 2.20. The SMILES string of the molecule is CCO[O][Ti]([OH])([OH])[O]C(C)C. The van der Waals surface area contributed by atoms with Gasteiger partial charge in [0.15, 0.2) is 0 Å². The quantitative estimate of drug-likeness (QED) is 0.378. The van der Waals surface area contributed by atoms with E-state index >= 15 is 0 Å². The monoisotopic (exact) mass is 202 g/mol. The second-order valence-corrected chi connectivity index (χ2v) is 4.55. The summed E-state index contributed by atoms with van der Waals surface area (Å²) >= 11 is -4.49. The summed E-state index contributed by atoms with van der Waals surface area (Å²) in [4.78, 5) is 4.36. The van der Waals surface area contributed by atoms with Gasteiger partial charge in [-0.05, 0) is 0 Å². The molecule has 0 rings (SSSR count). The van der Waals surface area contributed by atoms with Crippen molar-refractivity contribution in [1.29, 1.82) is 0 Å². The molecule has 0 aromatic heterocycles. The fraction of sp³-hybridized carbons (Fsp3) is 1.00. The molecule has 5 nitrogen and oxygen atoms in total. The molecule has 0 atom stereocenters. The minimum absolute atomic E-state index is 0.259. The van der Waals surface area contributed by atoms with Crippen molar-refractivity contribution in [3.8, 4) is 0 Å². The van der Waals surface area contributed by atoms with E-state index in [9.17, 15) is 0 Å². The van der Waals surface area contributed by atoms with Gasteiger partial charge in [0, 0.05) is 0 Å². The Hall–Kier alpha value is 0.514. The normalized spacial score (nSPS) is 12.5. The summed E-state index contributed by atoms with van der Waals surface area (Å²) in [6, 6.07) is 0. The standard InChI is InChI=1S/C3H7O.C2H6O2.2H2O.Ti/c1-3(2)4;1-2-4-3;;;/h3H,1-2H3;3H,2H2,1H3;2*1H2;/q-1;;;;+4/p-3. The molecule has 0 aliphatic carbocycles. The molecule has 0 saturated heterocycles. The molecule has 0 unspecified atom stereocenters. The Morgan fingerprint density at radius 2 is 1.91 bits per heavy atom. The summed E-state index contributed by atoms with van der Waals surface area (Å²) in [6.45, 7) is 5.30. The third kappa shape index (κ3) is 6.89. The molecule has 0 aliphatic rings. The molecule has 0 heterocycles. The molecule has 2 N–H and O–H groups in total. The average molecular weight is 202 g/mol. The van der Waals surface area contributed by atoms with Crippen LogP contribution in [-0.4, -0.2) is 20.1 Å². The van der Waals surface area contributed by atoms with Crippen LogP contribution in [0, 0.1) is 0 Å². The summed E-state index contributed by atoms with van der Waals surface area (Å²) in [7, 11) is 0. The molecule has 0 aromatic rings. The van der Waals surface area contributed by atoms with Crippen LogP contribution in [0.5, 0.6) is 0 Å². The van der Waals surface area contributed by atoms with E-state index in [2.05, 4.69) is 8.36 Å². The van der Waals surface area contributed by atoms with E-state index in [1.807, 2.05) is 0 Å². The fourth-order valence-electron chi connectivity index (χ4n) is 0.462. The first-order valence-corrected chi connectivity index (χ1v) is 6.08. The fourth-order valence-corrected chi connectivity index (χ4v) is 1.91. The first-order chi connectivity index (χ1) is 4.98. The van der Waals surface area contributed by atoms with Crippen molar-refractivity contribution >= 4 is 0 Å². The summed E-state index contributed by atoms with van der Waals surface area (Å²) < 4.78 is 26.9. The Balaban J connectivity index is 3.61. The van der Waals surface area contributed by atoms with E-state index < -0.39 is 18.1 Å². The van der Waals surface area contributed by atoms with E-state index in [4.69, 9.17) is 10.7 Å². The van der Waals surface area contributed by atoms with E-state index in [1.165, 1.54) is 0 Å². The molecule has 0 radical (unpaired) electrons. The maximum atomic E-state index is 8.99. The van der Waals surface area contributed by atoms with Gasteiger partial charge in [0.1, 0.15) is 0 Å². The Morgan fingerprint density at radius 3 is 2.27 bits per heavy atom. The Labute approximate surface area is 71.1 Å². The van der Waals surface area contributed by atoms with Crippen LogP contribution in [0.25, 0.3) is 0 Å². The molecule has 0 aromatic carbocycles. The van der Waals surface area contributed by atoms with Gasteiger partial charge in [-0.3, -0.25) is 0 Å². The molecule has 11 heavy (non-hydrogen) atoms. The zero-order chi connectivity index (χ0) is 8.91. The molecule has 0 spiro atoms. The average Bonchev–Trinajstić information content (AvgIpc) is 1.81. The van der Waals surface area contributed by atoms with Crippen molar-refractivity contribution in [1.82, 2.24) is 0 Å². The third-order valence-electron chi connectivity index (χ3n) is 0.675. The molecule has 0 bridgehead atoms. The van der Waals surface area contributed by atoms with Gasteiger partial charge in [-0.25, -0.2) is 0 Å². The van der Waals surface area contributed by atoms with Crippen LogP contribution >= 0.6 is 0 Å². The van der Waals surface area contributed by atoms with E-state index in [0.29, 0.717) is 0 Å². The van der Waals surface area contributed by atoms with Crippen LogP contribution in [0.1, 0.15) is 20.8 Å². The van der Waals surface area contributed by atoms with Crippen molar-refractivity contribution in [2.45, 2.75) is 26.9 Å². The van der Waals surface area contributed by atoms with Gasteiger partial charge < -0.3 is 0 Å². The van der Waals surface area contributed by atoms with Crippen LogP contribution in [-0.2, 0) is 29.8 Å². The summed E-state index contributed by atoms with van der Waals surface area (Å²) in [6.07, 6.45) is -0.273. The molecule has 0 saturated carbocycles. The molecule has 6 heteroatoms. The number of hydrogen-bond donors (Lipinski definition) is 2. The summed E-state index contributed by atoms with van der Waals surface area (Å²) in [5, 5.41) is 0. The Morgan fingerprint density at radius 1 is 1.36 bits per heavy atom. The van der Waals surface area contributed by atoms with Crippen molar-refractivity contribution in [2.24, 2.45) is 0 Å². The van der Waals surface area contributed by atoms with Crippen molar-refractivity contribution in [3.05, 3.63) is 0 Å². The van der Waals surface area contributed by atoms with Crippen LogP contribution in [0.2, 0.25) is 0 Å². The van der Waals surface area contributed by atoms with Gasteiger partial charge >= 0.3 is 70.7 Å². The Bertz CT molecular complexity index is 105. The molecular formula is C5H14O5Ti. The third-order valence-corrected chi connectivity index (χ3v) is 2.41. The molecular weight excluding hydrogens is 188 g/mol. The van der Waals surface area contributed by atoms with Crippen molar-refractivity contribution in [2.75, 3.05) is 6.61 Å². The number of rotatable bonds is 5. The minimum atomic E-state index is -4.49. The van der Waals surface area contributed by atoms with E-state index in [1.54, 1.807) is 20.8 Å². The van der Waals surface area contributed by atoms with Crippen LogP contribution in [0.3, 0.4) is 0 Å². The molecule has 0 aliphatic heterocycles. The van der Waals surface area contributed by atoms with E-state index in [0.717, 1.165) is 0 Å². The molecule has 0 fully saturated rings. The van der Waals surface area contributed by atoms with E-state index in [-0.39, 0.29) is 12.7 Å². The molecule has 0 amide bonds. The van der Waals surface area contributed by atoms with Crippen molar-refractivity contribution < 1.29 is 37.2 Å². The number of hydrogen-bond acceptors (Lipinski definition) is 5. The van der Waals surface area contributed by atoms with Gasteiger partial charge in [-0.1, -0.05) is 0 Å². The first-order valence-electron chi connectivity index (χ1n) is 3.41. The maximum absolute atomic E-state index is 8.99.